The molecule has 4 aromatic rings. The number of carbonyl (C=O) groups excluding carboxylic acids is 1. The van der Waals surface area contributed by atoms with Crippen molar-refractivity contribution in [2.75, 3.05) is 0 Å². The number of fused-ring (bicyclic) bond motifs is 2. The number of para-hydroxylation sites is 2. The maximum absolute atomic E-state index is 12.7. The second kappa shape index (κ2) is 9.28. The molecule has 0 aliphatic carbocycles. The third-order valence-electron chi connectivity index (χ3n) is 4.46. The average Bonchev–Trinajstić information content (AvgIpc) is 3.37. The third kappa shape index (κ3) is 4.57. The summed E-state index contributed by atoms with van der Waals surface area (Å²) < 4.78 is 3.06. The molecule has 1 amide bonds. The molecule has 2 aromatic heterocycles. The molecule has 0 spiro atoms. The zero-order valence-electron chi connectivity index (χ0n) is 16.4. The fourth-order valence-corrected chi connectivity index (χ4v) is 7.62. The number of amides is 1. The molecule has 0 unspecified atom stereocenters. The first-order valence-corrected chi connectivity index (χ1v) is 13.5. The molecule has 1 aliphatic heterocycles. The fourth-order valence-electron chi connectivity index (χ4n) is 3.07. The molecule has 1 aliphatic rings. The maximum atomic E-state index is 12.7. The molecule has 3 N–H and O–H groups in total. The minimum absolute atomic E-state index is 0.0861. The number of aliphatic imine (C=N–C) groups is 1. The van der Waals surface area contributed by atoms with Crippen molar-refractivity contribution in [3.8, 4) is 0 Å². The van der Waals surface area contributed by atoms with Gasteiger partial charge in [-0.1, -0.05) is 24.3 Å². The molecule has 0 atom stereocenters. The van der Waals surface area contributed by atoms with Gasteiger partial charge in [-0.2, -0.15) is 0 Å². The van der Waals surface area contributed by atoms with Crippen LogP contribution in [0.5, 0.6) is 0 Å². The quantitative estimate of drug-likeness (QED) is 0.275. The molecule has 0 saturated heterocycles. The monoisotopic (exact) mass is 513 g/mol. The lowest BCUT2D eigenvalue weighted by Crippen LogP contribution is -2.40. The van der Waals surface area contributed by atoms with Crippen LogP contribution in [-0.2, 0) is 16.3 Å². The van der Waals surface area contributed by atoms with E-state index in [1.807, 2.05) is 36.4 Å². The van der Waals surface area contributed by atoms with Gasteiger partial charge in [-0.3, -0.25) is 10.1 Å². The van der Waals surface area contributed by atoms with Crippen LogP contribution in [0.25, 0.3) is 20.4 Å². The van der Waals surface area contributed by atoms with E-state index >= 15 is 0 Å². The standard InChI is InChI=1S/C21H15N5OS5/c22-18-17(19(27)26-21(28)25-18)20(29-9-15-23-11-5-1-3-7-13(11)31-15)30-10-16-24-12-6-2-4-8-14(12)32-16/h1-8H,9-10H2,(H3,22,25,26,27,28). The highest BCUT2D eigenvalue weighted by atomic mass is 32.2. The zero-order chi connectivity index (χ0) is 22.1. The summed E-state index contributed by atoms with van der Waals surface area (Å²) in [6.45, 7) is 0. The first-order valence-electron chi connectivity index (χ1n) is 9.45. The summed E-state index contributed by atoms with van der Waals surface area (Å²) in [5.74, 6) is 1.06. The molecule has 0 bridgehead atoms. The van der Waals surface area contributed by atoms with Crippen molar-refractivity contribution in [2.45, 2.75) is 11.5 Å². The summed E-state index contributed by atoms with van der Waals surface area (Å²) in [6.07, 6.45) is 0. The minimum atomic E-state index is -0.328. The highest BCUT2D eigenvalue weighted by Crippen LogP contribution is 2.39. The van der Waals surface area contributed by atoms with Gasteiger partial charge in [0.1, 0.15) is 21.4 Å². The highest BCUT2D eigenvalue weighted by molar-refractivity contribution is 8.21. The van der Waals surface area contributed by atoms with Crippen LogP contribution < -0.4 is 11.1 Å². The molecule has 6 nitrogen and oxygen atoms in total. The Bertz CT molecular complexity index is 1270. The Balaban J connectivity index is 1.42. The number of thiocarbonyl (C=S) groups is 1. The van der Waals surface area contributed by atoms with E-state index in [4.69, 9.17) is 27.9 Å². The van der Waals surface area contributed by atoms with Crippen LogP contribution in [0.15, 0.2) is 63.3 Å². The van der Waals surface area contributed by atoms with Crippen LogP contribution in [0.2, 0.25) is 0 Å². The summed E-state index contributed by atoms with van der Waals surface area (Å²) in [5.41, 5.74) is 8.43. The van der Waals surface area contributed by atoms with E-state index in [9.17, 15) is 4.79 Å². The summed E-state index contributed by atoms with van der Waals surface area (Å²) in [5, 5.41) is 4.65. The van der Waals surface area contributed by atoms with E-state index in [0.717, 1.165) is 34.7 Å². The lowest BCUT2D eigenvalue weighted by Gasteiger charge is -2.17. The molecule has 160 valence electrons. The highest BCUT2D eigenvalue weighted by Gasteiger charge is 2.26. The Hall–Kier alpha value is -2.31. The van der Waals surface area contributed by atoms with E-state index in [-0.39, 0.29) is 16.9 Å². The number of nitrogens with two attached hydrogens (primary N) is 1. The van der Waals surface area contributed by atoms with Crippen LogP contribution in [0.3, 0.4) is 0 Å². The lowest BCUT2D eigenvalue weighted by atomic mass is 10.2. The van der Waals surface area contributed by atoms with E-state index in [2.05, 4.69) is 22.4 Å². The van der Waals surface area contributed by atoms with Crippen LogP contribution >= 0.6 is 58.4 Å². The van der Waals surface area contributed by atoms with E-state index in [0.29, 0.717) is 17.1 Å². The van der Waals surface area contributed by atoms with Crippen molar-refractivity contribution >= 4 is 95.7 Å². The van der Waals surface area contributed by atoms with Crippen molar-refractivity contribution in [1.82, 2.24) is 15.3 Å². The van der Waals surface area contributed by atoms with Crippen LogP contribution in [0.4, 0.5) is 0 Å². The predicted molar refractivity (Wildman–Crippen MR) is 141 cm³/mol. The van der Waals surface area contributed by atoms with Crippen molar-refractivity contribution in [3.05, 3.63) is 68.4 Å². The maximum Gasteiger partial charge on any atom is 0.262 e. The van der Waals surface area contributed by atoms with Gasteiger partial charge in [-0.15, -0.1) is 46.2 Å². The summed E-state index contributed by atoms with van der Waals surface area (Å²) in [6, 6.07) is 16.1. The van der Waals surface area contributed by atoms with Gasteiger partial charge in [0.25, 0.3) is 5.91 Å². The van der Waals surface area contributed by atoms with Gasteiger partial charge in [0.05, 0.1) is 36.2 Å². The first-order chi connectivity index (χ1) is 15.6. The van der Waals surface area contributed by atoms with Gasteiger partial charge in [0.15, 0.2) is 0 Å². The molecule has 3 heterocycles. The van der Waals surface area contributed by atoms with E-state index in [1.54, 1.807) is 22.7 Å². The largest absolute Gasteiger partial charge is 0.383 e. The Kier molecular flexibility index (Phi) is 6.24. The number of rotatable bonds is 6. The fraction of sp³-hybridized carbons (Fsp3) is 0.0952. The first kappa shape index (κ1) is 21.5. The molecule has 0 saturated carbocycles. The number of benzene rings is 2. The zero-order valence-corrected chi connectivity index (χ0v) is 20.5. The number of hydrogen-bond acceptors (Lipinski definition) is 9. The number of nitrogens with one attached hydrogen (secondary N) is 1. The average molecular weight is 514 g/mol. The molecular formula is C21H15N5OS5. The molecule has 32 heavy (non-hydrogen) atoms. The van der Waals surface area contributed by atoms with Crippen LogP contribution in [0.1, 0.15) is 10.0 Å². The van der Waals surface area contributed by atoms with Gasteiger partial charge in [-0.25, -0.2) is 15.0 Å². The minimum Gasteiger partial charge on any atom is -0.383 e. The van der Waals surface area contributed by atoms with E-state index < -0.39 is 0 Å². The number of thiazole rings is 2. The second-order valence-electron chi connectivity index (χ2n) is 6.65. The molecule has 11 heteroatoms. The number of carbonyl (C=O) groups is 1. The normalized spacial score (nSPS) is 14.1. The molecule has 5 rings (SSSR count). The number of thioether (sulfide) groups is 2. The Morgan fingerprint density at radius 2 is 1.47 bits per heavy atom. The van der Waals surface area contributed by atoms with Gasteiger partial charge < -0.3 is 5.73 Å². The van der Waals surface area contributed by atoms with Gasteiger partial charge in [0, 0.05) is 0 Å². The number of hydrogen-bond donors (Lipinski definition) is 2. The van der Waals surface area contributed by atoms with Gasteiger partial charge >= 0.3 is 0 Å². The van der Waals surface area contributed by atoms with Gasteiger partial charge in [-0.05, 0) is 36.5 Å². The lowest BCUT2D eigenvalue weighted by molar-refractivity contribution is -0.115. The van der Waals surface area contributed by atoms with Gasteiger partial charge in [0.2, 0.25) is 5.11 Å². The van der Waals surface area contributed by atoms with Crippen molar-refractivity contribution < 1.29 is 4.79 Å². The second-order valence-corrected chi connectivity index (χ2v) is 11.5. The summed E-state index contributed by atoms with van der Waals surface area (Å²) in [4.78, 5) is 26.2. The molecule has 2 aromatic carbocycles. The van der Waals surface area contributed by atoms with E-state index in [1.165, 1.54) is 23.5 Å². The number of nitrogens with zero attached hydrogens (tertiary/aromatic N) is 3. The molecule has 0 fully saturated rings. The third-order valence-corrected chi connectivity index (χ3v) is 9.57. The Morgan fingerprint density at radius 3 is 1.97 bits per heavy atom. The van der Waals surface area contributed by atoms with Crippen LogP contribution in [-0.4, -0.2) is 26.8 Å². The molecule has 0 radical (unpaired) electrons. The SMILES string of the molecule is NC1=NC(=S)NC(=O)C1=C(SCc1nc2ccccc2s1)SCc1nc2ccccc2s1. The number of aromatic nitrogens is 2. The van der Waals surface area contributed by atoms with Crippen LogP contribution in [0, 0.1) is 0 Å². The molecular weight excluding hydrogens is 499 g/mol. The van der Waals surface area contributed by atoms with Crippen molar-refractivity contribution in [2.24, 2.45) is 10.7 Å². The predicted octanol–water partition coefficient (Wildman–Crippen LogP) is 5.06. The summed E-state index contributed by atoms with van der Waals surface area (Å²) in [7, 11) is 0. The smallest absolute Gasteiger partial charge is 0.262 e. The Morgan fingerprint density at radius 1 is 0.938 bits per heavy atom. The summed E-state index contributed by atoms with van der Waals surface area (Å²) >= 11 is 11.4. The topological polar surface area (TPSA) is 93.3 Å². The Labute approximate surface area is 205 Å². The van der Waals surface area contributed by atoms with Crippen molar-refractivity contribution in [3.63, 3.8) is 0 Å². The number of amidine groups is 1. The van der Waals surface area contributed by atoms with Crippen molar-refractivity contribution in [1.29, 1.82) is 0 Å².